The maximum absolute atomic E-state index is 6.10. The summed E-state index contributed by atoms with van der Waals surface area (Å²) in [5.74, 6) is 0.724. The molecule has 1 unspecified atom stereocenters. The van der Waals surface area contributed by atoms with Gasteiger partial charge in [0.2, 0.25) is 0 Å². The molecule has 3 heteroatoms. The van der Waals surface area contributed by atoms with Gasteiger partial charge in [-0.2, -0.15) is 5.10 Å². The summed E-state index contributed by atoms with van der Waals surface area (Å²) in [4.78, 5) is 0. The highest BCUT2D eigenvalue weighted by Crippen LogP contribution is 2.17. The van der Waals surface area contributed by atoms with E-state index in [-0.39, 0.29) is 6.04 Å². The Labute approximate surface area is 92.7 Å². The Balaban J connectivity index is 2.46. The fraction of sp³-hybridized carbons (Fsp3) is 0.750. The average molecular weight is 209 g/mol. The summed E-state index contributed by atoms with van der Waals surface area (Å²) in [5.41, 5.74) is 7.27. The summed E-state index contributed by atoms with van der Waals surface area (Å²) in [7, 11) is 0. The number of rotatable bonds is 6. The largest absolute Gasteiger partial charge is 0.324 e. The van der Waals surface area contributed by atoms with E-state index in [4.69, 9.17) is 5.73 Å². The summed E-state index contributed by atoms with van der Waals surface area (Å²) in [6.07, 6.45) is 7.33. The highest BCUT2D eigenvalue weighted by Gasteiger charge is 2.09. The number of nitrogens with zero attached hydrogens (tertiary/aromatic N) is 2. The summed E-state index contributed by atoms with van der Waals surface area (Å²) < 4.78 is 1.98. The summed E-state index contributed by atoms with van der Waals surface area (Å²) in [6.45, 7) is 7.59. The maximum atomic E-state index is 6.10. The van der Waals surface area contributed by atoms with Crippen LogP contribution < -0.4 is 5.73 Å². The second-order valence-corrected chi connectivity index (χ2v) is 4.61. The van der Waals surface area contributed by atoms with Crippen molar-refractivity contribution in [1.29, 1.82) is 0 Å². The molecule has 0 saturated carbocycles. The van der Waals surface area contributed by atoms with Crippen LogP contribution in [0.25, 0.3) is 0 Å². The molecule has 0 aliphatic heterocycles. The van der Waals surface area contributed by atoms with Crippen LogP contribution in [0.3, 0.4) is 0 Å². The second-order valence-electron chi connectivity index (χ2n) is 4.61. The van der Waals surface area contributed by atoms with E-state index >= 15 is 0 Å². The first-order valence-electron chi connectivity index (χ1n) is 5.91. The van der Waals surface area contributed by atoms with Gasteiger partial charge in [-0.3, -0.25) is 4.68 Å². The van der Waals surface area contributed by atoms with Crippen molar-refractivity contribution >= 4 is 0 Å². The second kappa shape index (κ2) is 5.91. The van der Waals surface area contributed by atoms with Gasteiger partial charge in [0, 0.05) is 24.3 Å². The molecule has 0 saturated heterocycles. The van der Waals surface area contributed by atoms with E-state index in [2.05, 4.69) is 32.1 Å². The van der Waals surface area contributed by atoms with Gasteiger partial charge in [-0.25, -0.2) is 0 Å². The molecule has 3 nitrogen and oxygen atoms in total. The van der Waals surface area contributed by atoms with Crippen molar-refractivity contribution in [3.63, 3.8) is 0 Å². The van der Waals surface area contributed by atoms with Crippen molar-refractivity contribution in [2.75, 3.05) is 0 Å². The minimum absolute atomic E-state index is 0.151. The van der Waals surface area contributed by atoms with E-state index < -0.39 is 0 Å². The molecule has 1 atom stereocenters. The number of nitrogens with two attached hydrogens (primary N) is 1. The Bertz CT molecular complexity index is 278. The standard InChI is InChI=1S/C12H23N3/c1-4-7-15-9-11(8-14-15)12(13)6-5-10(2)3/h8-10,12H,4-7,13H2,1-3H3. The van der Waals surface area contributed by atoms with Crippen molar-refractivity contribution < 1.29 is 0 Å². The molecule has 0 aromatic carbocycles. The van der Waals surface area contributed by atoms with Crippen molar-refractivity contribution in [3.05, 3.63) is 18.0 Å². The van der Waals surface area contributed by atoms with Crippen LogP contribution in [0.4, 0.5) is 0 Å². The minimum Gasteiger partial charge on any atom is -0.324 e. The Morgan fingerprint density at radius 1 is 1.40 bits per heavy atom. The molecule has 1 aromatic rings. The molecule has 0 bridgehead atoms. The van der Waals surface area contributed by atoms with Gasteiger partial charge in [-0.1, -0.05) is 20.8 Å². The van der Waals surface area contributed by atoms with Crippen molar-refractivity contribution in [2.24, 2.45) is 11.7 Å². The predicted octanol–water partition coefficient (Wildman–Crippen LogP) is 2.73. The third-order valence-corrected chi connectivity index (χ3v) is 2.59. The molecule has 0 radical (unpaired) electrons. The molecule has 1 heterocycles. The van der Waals surface area contributed by atoms with Crippen LogP contribution in [-0.2, 0) is 6.54 Å². The lowest BCUT2D eigenvalue weighted by Crippen LogP contribution is -2.10. The van der Waals surface area contributed by atoms with Crippen LogP contribution in [0, 0.1) is 5.92 Å². The molecule has 86 valence electrons. The zero-order valence-corrected chi connectivity index (χ0v) is 10.1. The van der Waals surface area contributed by atoms with E-state index in [1.807, 2.05) is 10.9 Å². The lowest BCUT2D eigenvalue weighted by Gasteiger charge is -2.10. The van der Waals surface area contributed by atoms with E-state index in [0.717, 1.165) is 25.3 Å². The SMILES string of the molecule is CCCn1cc(C(N)CCC(C)C)cn1. The smallest absolute Gasteiger partial charge is 0.0537 e. The van der Waals surface area contributed by atoms with E-state index in [0.29, 0.717) is 0 Å². The first-order chi connectivity index (χ1) is 7.13. The van der Waals surface area contributed by atoms with Gasteiger partial charge in [0.1, 0.15) is 0 Å². The number of hydrogen-bond donors (Lipinski definition) is 1. The molecular formula is C12H23N3. The quantitative estimate of drug-likeness (QED) is 0.783. The minimum atomic E-state index is 0.151. The van der Waals surface area contributed by atoms with E-state index in [9.17, 15) is 0 Å². The van der Waals surface area contributed by atoms with Crippen LogP contribution in [-0.4, -0.2) is 9.78 Å². The van der Waals surface area contributed by atoms with E-state index in [1.54, 1.807) is 0 Å². The molecule has 1 rings (SSSR count). The van der Waals surface area contributed by atoms with Gasteiger partial charge in [0.15, 0.2) is 0 Å². The van der Waals surface area contributed by atoms with Crippen LogP contribution in [0.5, 0.6) is 0 Å². The van der Waals surface area contributed by atoms with Crippen molar-refractivity contribution in [3.8, 4) is 0 Å². The van der Waals surface area contributed by atoms with Gasteiger partial charge in [-0.15, -0.1) is 0 Å². The predicted molar refractivity (Wildman–Crippen MR) is 63.5 cm³/mol. The average Bonchev–Trinajstić information content (AvgIpc) is 2.63. The first-order valence-corrected chi connectivity index (χ1v) is 5.91. The number of aryl methyl sites for hydroxylation is 1. The molecule has 0 amide bonds. The fourth-order valence-corrected chi connectivity index (χ4v) is 1.60. The molecule has 0 fully saturated rings. The summed E-state index contributed by atoms with van der Waals surface area (Å²) >= 11 is 0. The van der Waals surface area contributed by atoms with Gasteiger partial charge >= 0.3 is 0 Å². The zero-order valence-electron chi connectivity index (χ0n) is 10.1. The Kier molecular flexibility index (Phi) is 4.82. The van der Waals surface area contributed by atoms with Gasteiger partial charge < -0.3 is 5.73 Å². The van der Waals surface area contributed by atoms with Gasteiger partial charge in [-0.05, 0) is 25.2 Å². The fourth-order valence-electron chi connectivity index (χ4n) is 1.60. The lowest BCUT2D eigenvalue weighted by molar-refractivity contribution is 0.506. The topological polar surface area (TPSA) is 43.8 Å². The van der Waals surface area contributed by atoms with Crippen LogP contribution >= 0.6 is 0 Å². The third kappa shape index (κ3) is 4.04. The van der Waals surface area contributed by atoms with E-state index in [1.165, 1.54) is 12.0 Å². The molecule has 0 aliphatic carbocycles. The highest BCUT2D eigenvalue weighted by molar-refractivity contribution is 5.09. The Morgan fingerprint density at radius 2 is 2.13 bits per heavy atom. The zero-order chi connectivity index (χ0) is 11.3. The van der Waals surface area contributed by atoms with Crippen molar-refractivity contribution in [2.45, 2.75) is 52.6 Å². The molecule has 1 aromatic heterocycles. The molecule has 2 N–H and O–H groups in total. The van der Waals surface area contributed by atoms with Gasteiger partial charge in [0.25, 0.3) is 0 Å². The van der Waals surface area contributed by atoms with Crippen LogP contribution in [0.2, 0.25) is 0 Å². The lowest BCUT2D eigenvalue weighted by atomic mass is 10.0. The van der Waals surface area contributed by atoms with Crippen LogP contribution in [0.1, 0.15) is 51.6 Å². The molecule has 0 aliphatic rings. The Morgan fingerprint density at radius 3 is 2.73 bits per heavy atom. The molecule has 0 spiro atoms. The first kappa shape index (κ1) is 12.2. The number of aromatic nitrogens is 2. The summed E-state index contributed by atoms with van der Waals surface area (Å²) in [5, 5.41) is 4.29. The number of hydrogen-bond acceptors (Lipinski definition) is 2. The molecule has 15 heavy (non-hydrogen) atoms. The van der Waals surface area contributed by atoms with Crippen LogP contribution in [0.15, 0.2) is 12.4 Å². The van der Waals surface area contributed by atoms with Crippen molar-refractivity contribution in [1.82, 2.24) is 9.78 Å². The maximum Gasteiger partial charge on any atom is 0.0537 e. The monoisotopic (exact) mass is 209 g/mol. The normalized spacial score (nSPS) is 13.4. The third-order valence-electron chi connectivity index (χ3n) is 2.59. The highest BCUT2D eigenvalue weighted by atomic mass is 15.3. The van der Waals surface area contributed by atoms with Gasteiger partial charge in [0.05, 0.1) is 6.20 Å². The Hall–Kier alpha value is -0.830. The molecular weight excluding hydrogens is 186 g/mol. The summed E-state index contributed by atoms with van der Waals surface area (Å²) in [6, 6.07) is 0.151.